The Morgan fingerprint density at radius 2 is 1.93 bits per heavy atom. The number of sulfonamides is 1. The molecular weight excluding hydrogens is 376 g/mol. The van der Waals surface area contributed by atoms with Gasteiger partial charge in [-0.25, -0.2) is 8.42 Å². The largest absolute Gasteiger partial charge is 0.395 e. The second-order valence-electron chi connectivity index (χ2n) is 7.44. The molecule has 6 nitrogen and oxygen atoms in total. The van der Waals surface area contributed by atoms with E-state index in [1.807, 2.05) is 18.2 Å². The van der Waals surface area contributed by atoms with E-state index in [2.05, 4.69) is 4.98 Å². The van der Waals surface area contributed by atoms with Crippen molar-refractivity contribution in [3.8, 4) is 11.3 Å². The van der Waals surface area contributed by atoms with Crippen LogP contribution in [0.3, 0.4) is 0 Å². The highest BCUT2D eigenvalue weighted by Crippen LogP contribution is 2.39. The van der Waals surface area contributed by atoms with Crippen LogP contribution in [0.25, 0.3) is 22.0 Å². The molecule has 2 N–H and O–H groups in total. The van der Waals surface area contributed by atoms with Gasteiger partial charge < -0.3 is 10.1 Å². The van der Waals surface area contributed by atoms with Gasteiger partial charge in [0.05, 0.1) is 17.2 Å². The quantitative estimate of drug-likeness (QED) is 0.556. The summed E-state index contributed by atoms with van der Waals surface area (Å²) in [7, 11) is -3.66. The van der Waals surface area contributed by atoms with Gasteiger partial charge in [0.2, 0.25) is 10.0 Å². The third kappa shape index (κ3) is 2.47. The van der Waals surface area contributed by atoms with Crippen LogP contribution < -0.4 is 5.56 Å². The fourth-order valence-electron chi connectivity index (χ4n) is 4.50. The molecule has 144 valence electrons. The van der Waals surface area contributed by atoms with E-state index in [-0.39, 0.29) is 23.1 Å². The molecule has 2 aliphatic rings. The Morgan fingerprint density at radius 3 is 2.71 bits per heavy atom. The molecule has 2 heterocycles. The second-order valence-corrected chi connectivity index (χ2v) is 9.33. The molecule has 1 unspecified atom stereocenters. The number of aliphatic hydroxyl groups excluding tert-OH is 1. The lowest BCUT2D eigenvalue weighted by Crippen LogP contribution is -2.37. The summed E-state index contributed by atoms with van der Waals surface area (Å²) in [5.74, 6) is 0. The molecule has 1 atom stereocenters. The Hall–Kier alpha value is -2.48. The van der Waals surface area contributed by atoms with Gasteiger partial charge >= 0.3 is 0 Å². The molecule has 7 heteroatoms. The number of nitrogens with one attached hydrogen (secondary N) is 1. The van der Waals surface area contributed by atoms with Gasteiger partial charge in [0.1, 0.15) is 0 Å². The minimum Gasteiger partial charge on any atom is -0.395 e. The van der Waals surface area contributed by atoms with E-state index in [4.69, 9.17) is 0 Å². The van der Waals surface area contributed by atoms with Gasteiger partial charge in [0, 0.05) is 30.0 Å². The number of pyridine rings is 1. The first-order chi connectivity index (χ1) is 13.5. The Balaban J connectivity index is 1.61. The third-order valence-electron chi connectivity index (χ3n) is 5.89. The zero-order chi connectivity index (χ0) is 19.5. The van der Waals surface area contributed by atoms with E-state index >= 15 is 0 Å². The fourth-order valence-corrected chi connectivity index (χ4v) is 6.24. The Labute approximate surface area is 162 Å². The van der Waals surface area contributed by atoms with Crippen LogP contribution >= 0.6 is 0 Å². The number of benzene rings is 2. The van der Waals surface area contributed by atoms with Crippen molar-refractivity contribution in [1.82, 2.24) is 9.29 Å². The molecule has 5 rings (SSSR count). The van der Waals surface area contributed by atoms with E-state index in [0.29, 0.717) is 24.8 Å². The molecule has 3 aromatic rings. The van der Waals surface area contributed by atoms with Crippen molar-refractivity contribution in [3.05, 3.63) is 63.9 Å². The second kappa shape index (κ2) is 6.27. The Kier molecular flexibility index (Phi) is 3.94. The van der Waals surface area contributed by atoms with Crippen LogP contribution in [0.4, 0.5) is 0 Å². The van der Waals surface area contributed by atoms with Gasteiger partial charge in [0.15, 0.2) is 0 Å². The summed E-state index contributed by atoms with van der Waals surface area (Å²) in [5.41, 5.74) is 3.42. The smallest absolute Gasteiger partial charge is 0.256 e. The van der Waals surface area contributed by atoms with Gasteiger partial charge in [0.25, 0.3) is 5.56 Å². The number of nitrogens with zero attached hydrogens (tertiary/aromatic N) is 1. The zero-order valence-electron chi connectivity index (χ0n) is 15.2. The SMILES string of the molecule is O=c1[nH]c2c(c3ccccc13)Cc1cc(S(=O)(=O)N3CCCC3CO)ccc1-2. The van der Waals surface area contributed by atoms with Crippen molar-refractivity contribution < 1.29 is 13.5 Å². The monoisotopic (exact) mass is 396 g/mol. The minimum absolute atomic E-state index is 0.137. The Bertz CT molecular complexity index is 1260. The summed E-state index contributed by atoms with van der Waals surface area (Å²) in [4.78, 5) is 15.6. The van der Waals surface area contributed by atoms with E-state index in [1.165, 1.54) is 4.31 Å². The highest BCUT2D eigenvalue weighted by molar-refractivity contribution is 7.89. The van der Waals surface area contributed by atoms with Crippen molar-refractivity contribution in [2.24, 2.45) is 0 Å². The molecule has 1 fully saturated rings. The highest BCUT2D eigenvalue weighted by atomic mass is 32.2. The van der Waals surface area contributed by atoms with E-state index < -0.39 is 10.0 Å². The van der Waals surface area contributed by atoms with Crippen LogP contribution in [0.2, 0.25) is 0 Å². The molecule has 0 bridgehead atoms. The number of aromatic nitrogens is 1. The first kappa shape index (κ1) is 17.6. The maximum absolute atomic E-state index is 13.1. The molecule has 28 heavy (non-hydrogen) atoms. The average Bonchev–Trinajstić information content (AvgIpc) is 3.33. The lowest BCUT2D eigenvalue weighted by molar-refractivity contribution is 0.213. The van der Waals surface area contributed by atoms with Crippen LogP contribution in [-0.2, 0) is 16.4 Å². The van der Waals surface area contributed by atoms with Gasteiger partial charge in [-0.3, -0.25) is 4.79 Å². The summed E-state index contributed by atoms with van der Waals surface area (Å²) in [6.45, 7) is 0.270. The standard InChI is InChI=1S/C21H20N2O4S/c24-12-14-4-3-9-23(14)28(26,27)15-7-8-16-13(10-15)11-19-17-5-1-2-6-18(17)21(25)22-20(16)19/h1-2,5-8,10,14,24H,3-4,9,11-12H2,(H,22,25). The highest BCUT2D eigenvalue weighted by Gasteiger charge is 2.35. The van der Waals surface area contributed by atoms with Crippen molar-refractivity contribution in [3.63, 3.8) is 0 Å². The normalized spacial score (nSPS) is 19.1. The molecule has 0 radical (unpaired) electrons. The van der Waals surface area contributed by atoms with E-state index in [1.54, 1.807) is 24.3 Å². The molecule has 1 aliphatic heterocycles. The number of rotatable bonds is 3. The molecular formula is C21H20N2O4S. The number of hydrogen-bond donors (Lipinski definition) is 2. The molecule has 1 aliphatic carbocycles. The van der Waals surface area contributed by atoms with Crippen molar-refractivity contribution >= 4 is 20.8 Å². The summed E-state index contributed by atoms with van der Waals surface area (Å²) in [6.07, 6.45) is 2.02. The topological polar surface area (TPSA) is 90.5 Å². The summed E-state index contributed by atoms with van der Waals surface area (Å²) in [6, 6.07) is 12.2. The number of aliphatic hydroxyl groups is 1. The van der Waals surface area contributed by atoms with Gasteiger partial charge in [-0.2, -0.15) is 4.31 Å². The number of aromatic amines is 1. The Morgan fingerprint density at radius 1 is 1.14 bits per heavy atom. The van der Waals surface area contributed by atoms with Gasteiger partial charge in [-0.15, -0.1) is 0 Å². The zero-order valence-corrected chi connectivity index (χ0v) is 16.0. The molecule has 1 saturated heterocycles. The predicted molar refractivity (Wildman–Crippen MR) is 107 cm³/mol. The maximum atomic E-state index is 13.1. The van der Waals surface area contributed by atoms with Crippen LogP contribution in [0.1, 0.15) is 24.0 Å². The van der Waals surface area contributed by atoms with Crippen LogP contribution in [-0.4, -0.2) is 42.0 Å². The van der Waals surface area contributed by atoms with E-state index in [0.717, 1.165) is 34.2 Å². The third-order valence-corrected chi connectivity index (χ3v) is 7.84. The summed E-state index contributed by atoms with van der Waals surface area (Å²) >= 11 is 0. The average molecular weight is 396 g/mol. The molecule has 1 aromatic heterocycles. The predicted octanol–water partition coefficient (Wildman–Crippen LogP) is 2.24. The number of fused-ring (bicyclic) bond motifs is 5. The van der Waals surface area contributed by atoms with Crippen molar-refractivity contribution in [2.75, 3.05) is 13.2 Å². The maximum Gasteiger partial charge on any atom is 0.256 e. The fraction of sp³-hybridized carbons (Fsp3) is 0.286. The van der Waals surface area contributed by atoms with Crippen LogP contribution in [0, 0.1) is 0 Å². The number of hydrogen-bond acceptors (Lipinski definition) is 4. The van der Waals surface area contributed by atoms with Crippen LogP contribution in [0.5, 0.6) is 0 Å². The summed E-state index contributed by atoms with van der Waals surface area (Å²) in [5, 5.41) is 11.1. The lowest BCUT2D eigenvalue weighted by Gasteiger charge is -2.22. The van der Waals surface area contributed by atoms with Crippen molar-refractivity contribution in [1.29, 1.82) is 0 Å². The summed E-state index contributed by atoms with van der Waals surface area (Å²) < 4.78 is 27.6. The first-order valence-corrected chi connectivity index (χ1v) is 10.8. The molecule has 2 aromatic carbocycles. The van der Waals surface area contributed by atoms with Crippen LogP contribution in [0.15, 0.2) is 52.2 Å². The number of H-pyrrole nitrogens is 1. The van der Waals surface area contributed by atoms with Crippen molar-refractivity contribution in [2.45, 2.75) is 30.2 Å². The van der Waals surface area contributed by atoms with Gasteiger partial charge in [-0.05, 0) is 47.6 Å². The molecule has 0 spiro atoms. The first-order valence-electron chi connectivity index (χ1n) is 9.40. The molecule has 0 amide bonds. The van der Waals surface area contributed by atoms with E-state index in [9.17, 15) is 18.3 Å². The van der Waals surface area contributed by atoms with Gasteiger partial charge in [-0.1, -0.05) is 24.3 Å². The molecule has 0 saturated carbocycles. The lowest BCUT2D eigenvalue weighted by atomic mass is 10.0. The minimum atomic E-state index is -3.66.